The van der Waals surface area contributed by atoms with Crippen molar-refractivity contribution in [2.45, 2.75) is 31.2 Å². The third-order valence-electron chi connectivity index (χ3n) is 3.25. The van der Waals surface area contributed by atoms with Crippen LogP contribution in [-0.4, -0.2) is 12.3 Å². The van der Waals surface area contributed by atoms with Crippen molar-refractivity contribution in [2.75, 3.05) is 12.3 Å². The Labute approximate surface area is 126 Å². The lowest BCUT2D eigenvalue weighted by molar-refractivity contribution is 0.577. The molecule has 0 radical (unpaired) electrons. The molecule has 0 saturated heterocycles. The van der Waals surface area contributed by atoms with Crippen LogP contribution in [0.5, 0.6) is 0 Å². The van der Waals surface area contributed by atoms with Gasteiger partial charge in [-0.3, -0.25) is 0 Å². The minimum Gasteiger partial charge on any atom is -0.309 e. The van der Waals surface area contributed by atoms with Crippen molar-refractivity contribution in [3.63, 3.8) is 0 Å². The predicted octanol–water partition coefficient (Wildman–Crippen LogP) is 4.83. The molecule has 0 amide bonds. The largest absolute Gasteiger partial charge is 0.309 e. The van der Waals surface area contributed by atoms with Gasteiger partial charge >= 0.3 is 0 Å². The van der Waals surface area contributed by atoms with Gasteiger partial charge in [-0.25, -0.2) is 0 Å². The van der Waals surface area contributed by atoms with Gasteiger partial charge in [0.05, 0.1) is 0 Å². The Morgan fingerprint density at radius 2 is 1.85 bits per heavy atom. The van der Waals surface area contributed by atoms with Crippen LogP contribution in [-0.2, 0) is 0 Å². The summed E-state index contributed by atoms with van der Waals surface area (Å²) in [5, 5.41) is 3.66. The van der Waals surface area contributed by atoms with Crippen LogP contribution in [0, 0.1) is 6.92 Å². The highest BCUT2D eigenvalue weighted by Gasteiger charge is 2.11. The van der Waals surface area contributed by atoms with Gasteiger partial charge < -0.3 is 5.32 Å². The van der Waals surface area contributed by atoms with Crippen molar-refractivity contribution in [2.24, 2.45) is 0 Å². The van der Waals surface area contributed by atoms with Crippen LogP contribution in [0.2, 0.25) is 0 Å². The second-order valence-electron chi connectivity index (χ2n) is 5.04. The topological polar surface area (TPSA) is 12.0 Å². The highest BCUT2D eigenvalue weighted by atomic mass is 32.2. The van der Waals surface area contributed by atoms with E-state index in [2.05, 4.69) is 73.8 Å². The number of benzene rings is 2. The monoisotopic (exact) mass is 285 g/mol. The summed E-state index contributed by atoms with van der Waals surface area (Å²) in [5.74, 6) is 1.06. The zero-order valence-corrected chi connectivity index (χ0v) is 13.1. The summed E-state index contributed by atoms with van der Waals surface area (Å²) in [7, 11) is 0. The van der Waals surface area contributed by atoms with Crippen LogP contribution >= 0.6 is 11.8 Å². The van der Waals surface area contributed by atoms with Crippen molar-refractivity contribution < 1.29 is 0 Å². The van der Waals surface area contributed by atoms with Crippen LogP contribution in [0.4, 0.5) is 0 Å². The molecule has 1 N–H and O–H groups in total. The zero-order chi connectivity index (χ0) is 14.2. The molecular formula is C18H23NS. The van der Waals surface area contributed by atoms with Crippen molar-refractivity contribution >= 4 is 11.8 Å². The molecule has 0 aliphatic heterocycles. The second kappa shape index (κ2) is 8.13. The lowest BCUT2D eigenvalue weighted by atomic mass is 10.1. The number of nitrogens with one attached hydrogen (secondary N) is 1. The summed E-state index contributed by atoms with van der Waals surface area (Å²) in [6.07, 6.45) is 1.16. The van der Waals surface area contributed by atoms with Gasteiger partial charge in [0.1, 0.15) is 0 Å². The van der Waals surface area contributed by atoms with Gasteiger partial charge in [0, 0.05) is 16.7 Å². The molecule has 1 unspecified atom stereocenters. The molecule has 2 aromatic rings. The number of rotatable bonds is 7. The average Bonchev–Trinajstić information content (AvgIpc) is 2.48. The van der Waals surface area contributed by atoms with E-state index in [0.29, 0.717) is 6.04 Å². The Morgan fingerprint density at radius 1 is 1.05 bits per heavy atom. The third kappa shape index (κ3) is 4.69. The minimum absolute atomic E-state index is 0.417. The second-order valence-corrected chi connectivity index (χ2v) is 6.14. The minimum atomic E-state index is 0.417. The van der Waals surface area contributed by atoms with Gasteiger partial charge in [-0.2, -0.15) is 0 Å². The standard InChI is InChI=1S/C18H23NS/c1-3-12-19-18(16-9-7-8-15(2)13-16)14-20-17-10-5-4-6-11-17/h4-11,13,18-19H,3,12,14H2,1-2H3. The van der Waals surface area contributed by atoms with E-state index in [1.165, 1.54) is 16.0 Å². The van der Waals surface area contributed by atoms with Crippen LogP contribution in [0.25, 0.3) is 0 Å². The molecule has 0 aliphatic rings. The van der Waals surface area contributed by atoms with E-state index in [0.717, 1.165) is 18.7 Å². The molecule has 2 aromatic carbocycles. The summed E-state index contributed by atoms with van der Waals surface area (Å²) >= 11 is 1.92. The Morgan fingerprint density at radius 3 is 2.55 bits per heavy atom. The molecule has 1 nitrogen and oxygen atoms in total. The maximum Gasteiger partial charge on any atom is 0.0415 e. The highest BCUT2D eigenvalue weighted by molar-refractivity contribution is 7.99. The molecule has 2 rings (SSSR count). The quantitative estimate of drug-likeness (QED) is 0.731. The average molecular weight is 285 g/mol. The first-order chi connectivity index (χ1) is 9.79. The molecular weight excluding hydrogens is 262 g/mol. The van der Waals surface area contributed by atoms with Gasteiger partial charge in [0.25, 0.3) is 0 Å². The lowest BCUT2D eigenvalue weighted by Gasteiger charge is -2.19. The summed E-state index contributed by atoms with van der Waals surface area (Å²) in [6, 6.07) is 19.9. The summed E-state index contributed by atoms with van der Waals surface area (Å²) in [6.45, 7) is 5.43. The van der Waals surface area contributed by atoms with E-state index < -0.39 is 0 Å². The molecule has 20 heavy (non-hydrogen) atoms. The first-order valence-electron chi connectivity index (χ1n) is 7.27. The molecule has 0 fully saturated rings. The smallest absolute Gasteiger partial charge is 0.0415 e. The number of hydrogen-bond acceptors (Lipinski definition) is 2. The molecule has 2 heteroatoms. The van der Waals surface area contributed by atoms with Crippen LogP contribution in [0.15, 0.2) is 59.5 Å². The molecule has 0 bridgehead atoms. The van der Waals surface area contributed by atoms with Crippen molar-refractivity contribution in [1.82, 2.24) is 5.32 Å². The first kappa shape index (κ1) is 15.1. The van der Waals surface area contributed by atoms with Gasteiger partial charge in [0.2, 0.25) is 0 Å². The fourth-order valence-corrected chi connectivity index (χ4v) is 3.19. The van der Waals surface area contributed by atoms with Gasteiger partial charge in [-0.1, -0.05) is 55.0 Å². The molecule has 0 spiro atoms. The van der Waals surface area contributed by atoms with Gasteiger partial charge in [0.15, 0.2) is 0 Å². The summed E-state index contributed by atoms with van der Waals surface area (Å²) in [5.41, 5.74) is 2.72. The van der Waals surface area contributed by atoms with E-state index in [9.17, 15) is 0 Å². The van der Waals surface area contributed by atoms with Crippen molar-refractivity contribution in [1.29, 1.82) is 0 Å². The molecule has 1 atom stereocenters. The van der Waals surface area contributed by atoms with Crippen molar-refractivity contribution in [3.05, 3.63) is 65.7 Å². The van der Waals surface area contributed by atoms with Gasteiger partial charge in [-0.15, -0.1) is 11.8 Å². The predicted molar refractivity (Wildman–Crippen MR) is 89.4 cm³/mol. The maximum absolute atomic E-state index is 3.66. The Bertz CT molecular complexity index is 510. The van der Waals surface area contributed by atoms with E-state index >= 15 is 0 Å². The van der Waals surface area contributed by atoms with Crippen LogP contribution < -0.4 is 5.32 Å². The van der Waals surface area contributed by atoms with Crippen LogP contribution in [0.3, 0.4) is 0 Å². The normalized spacial score (nSPS) is 12.3. The van der Waals surface area contributed by atoms with Crippen LogP contribution in [0.1, 0.15) is 30.5 Å². The fourth-order valence-electron chi connectivity index (χ4n) is 2.17. The molecule has 0 saturated carbocycles. The molecule has 0 aliphatic carbocycles. The van der Waals surface area contributed by atoms with E-state index in [1.807, 2.05) is 11.8 Å². The van der Waals surface area contributed by atoms with E-state index in [-0.39, 0.29) is 0 Å². The first-order valence-corrected chi connectivity index (χ1v) is 8.26. The van der Waals surface area contributed by atoms with Gasteiger partial charge in [-0.05, 0) is 37.6 Å². The van der Waals surface area contributed by atoms with Crippen molar-refractivity contribution in [3.8, 4) is 0 Å². The summed E-state index contributed by atoms with van der Waals surface area (Å²) in [4.78, 5) is 1.34. The number of thioether (sulfide) groups is 1. The number of aryl methyl sites for hydroxylation is 1. The Balaban J connectivity index is 2.03. The Hall–Kier alpha value is -1.25. The van der Waals surface area contributed by atoms with E-state index in [1.54, 1.807) is 0 Å². The summed E-state index contributed by atoms with van der Waals surface area (Å²) < 4.78 is 0. The fraction of sp³-hybridized carbons (Fsp3) is 0.333. The van der Waals surface area contributed by atoms with E-state index in [4.69, 9.17) is 0 Å². The number of hydrogen-bond donors (Lipinski definition) is 1. The maximum atomic E-state index is 3.66. The Kier molecular flexibility index (Phi) is 6.16. The molecule has 106 valence electrons. The zero-order valence-electron chi connectivity index (χ0n) is 12.3. The SMILES string of the molecule is CCCNC(CSc1ccccc1)c1cccc(C)c1. The third-order valence-corrected chi connectivity index (χ3v) is 4.35. The molecule has 0 heterocycles. The lowest BCUT2D eigenvalue weighted by Crippen LogP contribution is -2.24. The molecule has 0 aromatic heterocycles. The highest BCUT2D eigenvalue weighted by Crippen LogP contribution is 2.25.